The second-order valence-corrected chi connectivity index (χ2v) is 11.1. The molecule has 0 unspecified atom stereocenters. The highest BCUT2D eigenvalue weighted by molar-refractivity contribution is 9.10. The van der Waals surface area contributed by atoms with Gasteiger partial charge in [-0.1, -0.05) is 75.5 Å². The van der Waals surface area contributed by atoms with E-state index in [2.05, 4.69) is 31.9 Å². The summed E-state index contributed by atoms with van der Waals surface area (Å²) >= 11 is 17.2. The first kappa shape index (κ1) is 29.4. The van der Waals surface area contributed by atoms with Gasteiger partial charge in [-0.2, -0.15) is 0 Å². The molecule has 0 spiro atoms. The van der Waals surface area contributed by atoms with Crippen LogP contribution >= 0.6 is 50.9 Å². The Morgan fingerprint density at radius 3 is 2.27 bits per heavy atom. The van der Waals surface area contributed by atoms with Crippen LogP contribution in [0.1, 0.15) is 15.9 Å². The summed E-state index contributed by atoms with van der Waals surface area (Å²) in [6.07, 6.45) is 1.47. The van der Waals surface area contributed by atoms with Gasteiger partial charge in [-0.15, -0.1) is 11.8 Å². The predicted octanol–water partition coefficient (Wildman–Crippen LogP) is 7.90. The molecule has 4 rings (SSSR count). The number of hydrogen-bond acceptors (Lipinski definition) is 4. The van der Waals surface area contributed by atoms with Gasteiger partial charge in [0.15, 0.2) is 0 Å². The van der Waals surface area contributed by atoms with Gasteiger partial charge in [0.25, 0.3) is 11.8 Å². The maximum absolute atomic E-state index is 13.3. The van der Waals surface area contributed by atoms with Gasteiger partial charge in [-0.05, 0) is 72.3 Å². The van der Waals surface area contributed by atoms with Crippen molar-refractivity contribution in [2.45, 2.75) is 4.90 Å². The number of nitrogens with one attached hydrogen (secondary N) is 3. The topological polar surface area (TPSA) is 87.3 Å². The van der Waals surface area contributed by atoms with Gasteiger partial charge in [0.2, 0.25) is 5.91 Å². The van der Waals surface area contributed by atoms with Crippen LogP contribution in [0.5, 0.6) is 0 Å². The van der Waals surface area contributed by atoms with Gasteiger partial charge in [0.05, 0.1) is 15.8 Å². The molecule has 40 heavy (non-hydrogen) atoms. The van der Waals surface area contributed by atoms with Gasteiger partial charge in [0.1, 0.15) is 5.70 Å². The summed E-state index contributed by atoms with van der Waals surface area (Å²) in [6.45, 7) is 0. The molecule has 0 aliphatic rings. The van der Waals surface area contributed by atoms with Crippen molar-refractivity contribution in [3.63, 3.8) is 0 Å². The minimum atomic E-state index is -0.560. The summed E-state index contributed by atoms with van der Waals surface area (Å²) in [4.78, 5) is 39.4. The summed E-state index contributed by atoms with van der Waals surface area (Å²) in [5, 5.41) is 8.90. The molecule has 0 fully saturated rings. The molecule has 0 radical (unpaired) electrons. The van der Waals surface area contributed by atoms with Gasteiger partial charge in [-0.25, -0.2) is 0 Å². The lowest BCUT2D eigenvalue weighted by atomic mass is 10.1. The van der Waals surface area contributed by atoms with Crippen molar-refractivity contribution in [1.82, 2.24) is 5.32 Å². The van der Waals surface area contributed by atoms with Crippen LogP contribution < -0.4 is 16.0 Å². The van der Waals surface area contributed by atoms with Gasteiger partial charge >= 0.3 is 0 Å². The Hall–Kier alpha value is -3.56. The van der Waals surface area contributed by atoms with E-state index in [1.54, 1.807) is 78.9 Å². The summed E-state index contributed by atoms with van der Waals surface area (Å²) in [7, 11) is 0. The Morgan fingerprint density at radius 2 is 1.52 bits per heavy atom. The van der Waals surface area contributed by atoms with Crippen molar-refractivity contribution in [1.29, 1.82) is 0 Å². The number of halogens is 3. The first-order valence-corrected chi connectivity index (χ1v) is 14.4. The third kappa shape index (κ3) is 8.47. The van der Waals surface area contributed by atoms with Crippen LogP contribution in [0.3, 0.4) is 0 Å². The van der Waals surface area contributed by atoms with Crippen molar-refractivity contribution in [2.24, 2.45) is 0 Å². The lowest BCUT2D eigenvalue weighted by molar-refractivity contribution is -0.114. The lowest BCUT2D eigenvalue weighted by Gasteiger charge is -2.13. The van der Waals surface area contributed by atoms with Crippen molar-refractivity contribution < 1.29 is 14.4 Å². The molecule has 0 aromatic heterocycles. The molecule has 0 bridgehead atoms. The number of amides is 3. The molecule has 3 amide bonds. The Labute approximate surface area is 254 Å². The molecule has 0 heterocycles. The van der Waals surface area contributed by atoms with Crippen LogP contribution in [0, 0.1) is 0 Å². The monoisotopic (exact) mass is 653 g/mol. The molecule has 10 heteroatoms. The van der Waals surface area contributed by atoms with Crippen LogP contribution in [0.25, 0.3) is 6.08 Å². The number of thioether (sulfide) groups is 1. The van der Waals surface area contributed by atoms with E-state index in [4.69, 9.17) is 23.2 Å². The fourth-order valence-corrected chi connectivity index (χ4v) is 4.85. The molecule has 202 valence electrons. The minimum absolute atomic E-state index is 0.0232. The first-order chi connectivity index (χ1) is 19.3. The van der Waals surface area contributed by atoms with Crippen molar-refractivity contribution in [2.75, 3.05) is 16.4 Å². The number of carbonyl (C=O) groups is 3. The largest absolute Gasteiger partial charge is 0.325 e. The van der Waals surface area contributed by atoms with E-state index < -0.39 is 11.8 Å². The van der Waals surface area contributed by atoms with E-state index in [1.807, 2.05) is 18.2 Å². The van der Waals surface area contributed by atoms with Crippen LogP contribution in [0.2, 0.25) is 10.0 Å². The SMILES string of the molecule is O=C(CSc1cccc(NC(=O)/C(=C\c2cccc(Cl)c2Cl)NC(=O)c2ccccc2)c1)Nc1ccc(Br)cc1. The molecule has 4 aromatic carbocycles. The molecule has 0 atom stereocenters. The summed E-state index contributed by atoms with van der Waals surface area (Å²) < 4.78 is 0.923. The van der Waals surface area contributed by atoms with Crippen molar-refractivity contribution in [3.8, 4) is 0 Å². The van der Waals surface area contributed by atoms with E-state index in [-0.39, 0.29) is 22.4 Å². The molecule has 0 aliphatic carbocycles. The summed E-state index contributed by atoms with van der Waals surface area (Å²) in [6, 6.07) is 27.9. The van der Waals surface area contributed by atoms with E-state index in [1.165, 1.54) is 17.8 Å². The normalized spacial score (nSPS) is 11.0. The molecule has 4 aromatic rings. The molecule has 0 saturated carbocycles. The number of hydrogen-bond donors (Lipinski definition) is 3. The first-order valence-electron chi connectivity index (χ1n) is 11.9. The maximum Gasteiger partial charge on any atom is 0.272 e. The average Bonchev–Trinajstić information content (AvgIpc) is 2.96. The standard InChI is InChI=1S/C30H22BrCl2N3O3S/c31-21-12-14-22(15-13-21)34-27(37)18-40-24-10-5-9-23(17-24)35-30(39)26(16-20-8-4-11-25(32)28(20)33)36-29(38)19-6-2-1-3-7-19/h1-17H,18H2,(H,34,37)(H,35,39)(H,36,38)/b26-16+. The lowest BCUT2D eigenvalue weighted by Crippen LogP contribution is -2.30. The molecule has 0 saturated heterocycles. The van der Waals surface area contributed by atoms with Crippen LogP contribution in [0.15, 0.2) is 112 Å². The highest BCUT2D eigenvalue weighted by Crippen LogP contribution is 2.28. The number of anilines is 2. The average molecular weight is 655 g/mol. The zero-order valence-electron chi connectivity index (χ0n) is 20.8. The Bertz CT molecular complexity index is 1560. The maximum atomic E-state index is 13.3. The third-order valence-corrected chi connectivity index (χ3v) is 7.76. The van der Waals surface area contributed by atoms with E-state index in [0.717, 1.165) is 9.37 Å². The highest BCUT2D eigenvalue weighted by Gasteiger charge is 2.16. The van der Waals surface area contributed by atoms with Crippen molar-refractivity contribution in [3.05, 3.63) is 128 Å². The Morgan fingerprint density at radius 1 is 0.800 bits per heavy atom. The highest BCUT2D eigenvalue weighted by atomic mass is 79.9. The van der Waals surface area contributed by atoms with Crippen molar-refractivity contribution >= 4 is 86.1 Å². The second-order valence-electron chi connectivity index (χ2n) is 8.35. The van der Waals surface area contributed by atoms with Gasteiger partial charge in [0, 0.05) is 26.3 Å². The van der Waals surface area contributed by atoms with Gasteiger partial charge < -0.3 is 16.0 Å². The number of rotatable bonds is 9. The number of carbonyl (C=O) groups excluding carboxylic acids is 3. The fourth-order valence-electron chi connectivity index (χ4n) is 3.47. The van der Waals surface area contributed by atoms with Gasteiger partial charge in [-0.3, -0.25) is 14.4 Å². The number of benzene rings is 4. The Balaban J connectivity index is 1.47. The van der Waals surface area contributed by atoms with Crippen LogP contribution in [-0.2, 0) is 9.59 Å². The third-order valence-electron chi connectivity index (χ3n) is 5.40. The van der Waals surface area contributed by atoms with E-state index in [9.17, 15) is 14.4 Å². The van der Waals surface area contributed by atoms with E-state index in [0.29, 0.717) is 27.5 Å². The second kappa shape index (κ2) is 14.2. The van der Waals surface area contributed by atoms with Crippen LogP contribution in [0.4, 0.5) is 11.4 Å². The van der Waals surface area contributed by atoms with Crippen LogP contribution in [-0.4, -0.2) is 23.5 Å². The summed E-state index contributed by atoms with van der Waals surface area (Å²) in [5.41, 5.74) is 2.02. The zero-order chi connectivity index (χ0) is 28.5. The molecular formula is C30H22BrCl2N3O3S. The quantitative estimate of drug-likeness (QED) is 0.127. The summed E-state index contributed by atoms with van der Waals surface area (Å²) in [5.74, 6) is -0.996. The minimum Gasteiger partial charge on any atom is -0.325 e. The molecule has 3 N–H and O–H groups in total. The molecular weight excluding hydrogens is 633 g/mol. The van der Waals surface area contributed by atoms with E-state index >= 15 is 0 Å². The fraction of sp³-hybridized carbons (Fsp3) is 0.0333. The molecule has 6 nitrogen and oxygen atoms in total. The Kier molecular flexibility index (Phi) is 10.4. The predicted molar refractivity (Wildman–Crippen MR) is 167 cm³/mol. The zero-order valence-corrected chi connectivity index (χ0v) is 24.7. The smallest absolute Gasteiger partial charge is 0.272 e. The molecule has 0 aliphatic heterocycles.